The van der Waals surface area contributed by atoms with Gasteiger partial charge in [-0.2, -0.15) is 0 Å². The van der Waals surface area contributed by atoms with Gasteiger partial charge in [0.05, 0.1) is 18.3 Å². The second-order valence-electron chi connectivity index (χ2n) is 9.87. The van der Waals surface area contributed by atoms with Crippen molar-refractivity contribution < 1.29 is 19.4 Å². The first kappa shape index (κ1) is 26.9. The average Bonchev–Trinajstić information content (AvgIpc) is 2.83. The number of nitrogens with one attached hydrogen (secondary N) is 1. The van der Waals surface area contributed by atoms with Gasteiger partial charge < -0.3 is 15.2 Å². The van der Waals surface area contributed by atoms with Crippen molar-refractivity contribution in [2.45, 2.75) is 59.5 Å². The molecule has 3 aromatic rings. The maximum atomic E-state index is 12.3. The lowest BCUT2D eigenvalue weighted by atomic mass is 9.98. The molecule has 1 amide bonds. The van der Waals surface area contributed by atoms with Gasteiger partial charge in [-0.25, -0.2) is 0 Å². The number of hydrogen-bond donors (Lipinski definition) is 2. The van der Waals surface area contributed by atoms with Gasteiger partial charge in [-0.3, -0.25) is 14.6 Å². The van der Waals surface area contributed by atoms with Crippen molar-refractivity contribution in [1.82, 2.24) is 10.3 Å². The van der Waals surface area contributed by atoms with Crippen LogP contribution in [-0.2, 0) is 4.79 Å². The van der Waals surface area contributed by atoms with Crippen LogP contribution >= 0.6 is 0 Å². The molecule has 0 bridgehead atoms. The van der Waals surface area contributed by atoms with Crippen molar-refractivity contribution in [3.8, 4) is 17.0 Å². The molecule has 0 aliphatic heterocycles. The highest BCUT2D eigenvalue weighted by Gasteiger charge is 2.18. The Morgan fingerprint density at radius 1 is 0.972 bits per heavy atom. The van der Waals surface area contributed by atoms with Crippen LogP contribution in [0.15, 0.2) is 60.8 Å². The second-order valence-corrected chi connectivity index (χ2v) is 9.87. The van der Waals surface area contributed by atoms with Crippen molar-refractivity contribution in [2.75, 3.05) is 6.54 Å². The standard InChI is InChI=1S/C30H36N2O4/c1-19(2)16-27(23-8-12-25(13-9-23)30(35)31-15-14-28(33)34)36-26-17-21(5)29(32-18-26)24-10-6-22(7-11-24)20(3)4/h6-13,17-20,27H,14-16H2,1-5H3,(H,31,35)(H,33,34). The molecule has 0 fully saturated rings. The SMILES string of the molecule is Cc1cc(OC(CC(C)C)c2ccc(C(=O)NCCC(=O)O)cc2)cnc1-c1ccc(C(C)C)cc1. The van der Waals surface area contributed by atoms with E-state index in [2.05, 4.69) is 57.3 Å². The summed E-state index contributed by atoms with van der Waals surface area (Å²) in [7, 11) is 0. The van der Waals surface area contributed by atoms with E-state index < -0.39 is 5.97 Å². The molecule has 0 aliphatic rings. The number of nitrogens with zero attached hydrogens (tertiary/aromatic N) is 1. The molecule has 0 radical (unpaired) electrons. The predicted molar refractivity (Wildman–Crippen MR) is 142 cm³/mol. The van der Waals surface area contributed by atoms with E-state index >= 15 is 0 Å². The molecule has 0 saturated heterocycles. The van der Waals surface area contributed by atoms with E-state index in [9.17, 15) is 9.59 Å². The van der Waals surface area contributed by atoms with Crippen LogP contribution in [0.25, 0.3) is 11.3 Å². The zero-order chi connectivity index (χ0) is 26.2. The van der Waals surface area contributed by atoms with Crippen LogP contribution in [-0.4, -0.2) is 28.5 Å². The number of amides is 1. The summed E-state index contributed by atoms with van der Waals surface area (Å²) < 4.78 is 6.40. The van der Waals surface area contributed by atoms with E-state index in [1.807, 2.05) is 25.1 Å². The number of carbonyl (C=O) groups is 2. The molecule has 2 aromatic carbocycles. The van der Waals surface area contributed by atoms with Gasteiger partial charge in [0.2, 0.25) is 0 Å². The minimum atomic E-state index is -0.943. The van der Waals surface area contributed by atoms with Crippen molar-refractivity contribution >= 4 is 11.9 Å². The monoisotopic (exact) mass is 488 g/mol. The Bertz CT molecular complexity index is 1170. The zero-order valence-electron chi connectivity index (χ0n) is 21.7. The quantitative estimate of drug-likeness (QED) is 0.319. The number of hydrogen-bond acceptors (Lipinski definition) is 4. The number of aromatic nitrogens is 1. The first-order chi connectivity index (χ1) is 17.1. The fourth-order valence-corrected chi connectivity index (χ4v) is 4.02. The number of aliphatic carboxylic acids is 1. The summed E-state index contributed by atoms with van der Waals surface area (Å²) in [5.41, 5.74) is 5.82. The highest BCUT2D eigenvalue weighted by molar-refractivity contribution is 5.94. The lowest BCUT2D eigenvalue weighted by molar-refractivity contribution is -0.136. The van der Waals surface area contributed by atoms with Gasteiger partial charge in [-0.15, -0.1) is 0 Å². The number of carbonyl (C=O) groups excluding carboxylic acids is 1. The van der Waals surface area contributed by atoms with Crippen LogP contribution in [0.3, 0.4) is 0 Å². The minimum absolute atomic E-state index is 0.0964. The van der Waals surface area contributed by atoms with E-state index in [-0.39, 0.29) is 25.0 Å². The van der Waals surface area contributed by atoms with E-state index in [1.54, 1.807) is 18.3 Å². The third-order valence-corrected chi connectivity index (χ3v) is 6.04. The third-order valence-electron chi connectivity index (χ3n) is 6.04. The number of carboxylic acid groups (broad SMARTS) is 1. The molecule has 1 heterocycles. The summed E-state index contributed by atoms with van der Waals surface area (Å²) in [5, 5.41) is 11.4. The van der Waals surface area contributed by atoms with E-state index in [0.717, 1.165) is 28.8 Å². The molecule has 0 saturated carbocycles. The average molecular weight is 489 g/mol. The molecule has 6 heteroatoms. The van der Waals surface area contributed by atoms with Crippen molar-refractivity contribution in [1.29, 1.82) is 0 Å². The highest BCUT2D eigenvalue weighted by Crippen LogP contribution is 2.31. The molecular weight excluding hydrogens is 452 g/mol. The lowest BCUT2D eigenvalue weighted by Gasteiger charge is -2.22. The number of ether oxygens (including phenoxy) is 1. The minimum Gasteiger partial charge on any atom is -0.484 e. The fraction of sp³-hybridized carbons (Fsp3) is 0.367. The molecule has 36 heavy (non-hydrogen) atoms. The molecule has 3 rings (SSSR count). The normalized spacial score (nSPS) is 12.0. The zero-order valence-corrected chi connectivity index (χ0v) is 21.7. The summed E-state index contributed by atoms with van der Waals surface area (Å²) in [6.07, 6.45) is 2.29. The van der Waals surface area contributed by atoms with Gasteiger partial charge in [0.15, 0.2) is 0 Å². The van der Waals surface area contributed by atoms with E-state index in [4.69, 9.17) is 14.8 Å². The smallest absolute Gasteiger partial charge is 0.305 e. The molecule has 1 atom stereocenters. The lowest BCUT2D eigenvalue weighted by Crippen LogP contribution is -2.26. The second kappa shape index (κ2) is 12.3. The highest BCUT2D eigenvalue weighted by atomic mass is 16.5. The number of rotatable bonds is 11. The largest absolute Gasteiger partial charge is 0.484 e. The predicted octanol–water partition coefficient (Wildman–Crippen LogP) is 6.55. The number of benzene rings is 2. The molecular formula is C30H36N2O4. The van der Waals surface area contributed by atoms with E-state index in [0.29, 0.717) is 23.1 Å². The molecule has 6 nitrogen and oxygen atoms in total. The summed E-state index contributed by atoms with van der Waals surface area (Å²) in [6.45, 7) is 10.8. The van der Waals surface area contributed by atoms with Crippen molar-refractivity contribution in [2.24, 2.45) is 5.92 Å². The maximum Gasteiger partial charge on any atom is 0.305 e. The molecule has 1 aromatic heterocycles. The van der Waals surface area contributed by atoms with Crippen LogP contribution in [0, 0.1) is 12.8 Å². The van der Waals surface area contributed by atoms with Crippen LogP contribution < -0.4 is 10.1 Å². The Morgan fingerprint density at radius 3 is 2.17 bits per heavy atom. The van der Waals surface area contributed by atoms with Gasteiger partial charge in [-0.1, -0.05) is 64.1 Å². The molecule has 1 unspecified atom stereocenters. The van der Waals surface area contributed by atoms with Gasteiger partial charge in [0.1, 0.15) is 11.9 Å². The Kier molecular flexibility index (Phi) is 9.23. The summed E-state index contributed by atoms with van der Waals surface area (Å²) >= 11 is 0. The molecule has 0 spiro atoms. The van der Waals surface area contributed by atoms with Crippen LogP contribution in [0.1, 0.15) is 79.6 Å². The van der Waals surface area contributed by atoms with Crippen LogP contribution in [0.4, 0.5) is 0 Å². The van der Waals surface area contributed by atoms with Gasteiger partial charge in [0.25, 0.3) is 5.91 Å². The summed E-state index contributed by atoms with van der Waals surface area (Å²) in [4.78, 5) is 27.6. The fourth-order valence-electron chi connectivity index (χ4n) is 4.02. The van der Waals surface area contributed by atoms with E-state index in [1.165, 1.54) is 5.56 Å². The first-order valence-corrected chi connectivity index (χ1v) is 12.5. The summed E-state index contributed by atoms with van der Waals surface area (Å²) in [6, 6.07) is 17.8. The molecule has 190 valence electrons. The topological polar surface area (TPSA) is 88.5 Å². The Labute approximate surface area is 213 Å². The number of aryl methyl sites for hydroxylation is 1. The van der Waals surface area contributed by atoms with Crippen LogP contribution in [0.2, 0.25) is 0 Å². The van der Waals surface area contributed by atoms with Crippen molar-refractivity contribution in [3.63, 3.8) is 0 Å². The Morgan fingerprint density at radius 2 is 1.61 bits per heavy atom. The molecule has 0 aliphatic carbocycles. The maximum absolute atomic E-state index is 12.3. The van der Waals surface area contributed by atoms with Gasteiger partial charge >= 0.3 is 5.97 Å². The molecule has 2 N–H and O–H groups in total. The van der Waals surface area contributed by atoms with Gasteiger partial charge in [0, 0.05) is 17.7 Å². The number of pyridine rings is 1. The Balaban J connectivity index is 1.74. The van der Waals surface area contributed by atoms with Crippen LogP contribution in [0.5, 0.6) is 5.75 Å². The Hall–Kier alpha value is -3.67. The number of carboxylic acids is 1. The summed E-state index contributed by atoms with van der Waals surface area (Å²) in [5.74, 6) is 0.363. The first-order valence-electron chi connectivity index (χ1n) is 12.5. The third kappa shape index (κ3) is 7.41. The van der Waals surface area contributed by atoms with Gasteiger partial charge in [-0.05, 0) is 60.1 Å². The van der Waals surface area contributed by atoms with Crippen molar-refractivity contribution in [3.05, 3.63) is 83.0 Å².